The Balaban J connectivity index is 1.62. The maximum Gasteiger partial charge on any atom is 0.251 e. The number of aromatic nitrogens is 1. The number of benzene rings is 1. The second kappa shape index (κ2) is 6.44. The molecule has 2 aromatic heterocycles. The maximum atomic E-state index is 11.5. The zero-order valence-electron chi connectivity index (χ0n) is 11.9. The molecule has 0 bridgehead atoms. The summed E-state index contributed by atoms with van der Waals surface area (Å²) in [5, 5.41) is 5.44. The van der Waals surface area contributed by atoms with Crippen LogP contribution in [0.4, 0.5) is 0 Å². The van der Waals surface area contributed by atoms with Crippen molar-refractivity contribution in [1.29, 1.82) is 0 Å². The van der Waals surface area contributed by atoms with E-state index in [0.717, 1.165) is 16.3 Å². The molecule has 0 aliphatic carbocycles. The molecule has 0 aliphatic rings. The lowest BCUT2D eigenvalue weighted by atomic mass is 10.2. The second-order valence-electron chi connectivity index (χ2n) is 4.55. The van der Waals surface area contributed by atoms with Gasteiger partial charge in [0.1, 0.15) is 23.6 Å². The number of ether oxygens (including phenoxy) is 1. The smallest absolute Gasteiger partial charge is 0.251 e. The molecule has 0 saturated heterocycles. The Labute approximate surface area is 131 Å². The van der Waals surface area contributed by atoms with Crippen molar-refractivity contribution in [2.45, 2.75) is 6.61 Å². The van der Waals surface area contributed by atoms with E-state index in [1.165, 1.54) is 0 Å². The van der Waals surface area contributed by atoms with Crippen molar-refractivity contribution in [3.63, 3.8) is 0 Å². The van der Waals surface area contributed by atoms with Gasteiger partial charge in [-0.15, -0.1) is 11.3 Å². The Morgan fingerprint density at radius 3 is 2.82 bits per heavy atom. The summed E-state index contributed by atoms with van der Waals surface area (Å²) >= 11 is 1.55. The van der Waals surface area contributed by atoms with E-state index < -0.39 is 0 Å². The maximum absolute atomic E-state index is 11.5. The van der Waals surface area contributed by atoms with Crippen molar-refractivity contribution in [3.05, 3.63) is 59.5 Å². The van der Waals surface area contributed by atoms with Crippen LogP contribution in [0.25, 0.3) is 10.6 Å². The zero-order chi connectivity index (χ0) is 15.4. The van der Waals surface area contributed by atoms with Gasteiger partial charge in [-0.3, -0.25) is 4.79 Å². The minimum atomic E-state index is -0.115. The van der Waals surface area contributed by atoms with Gasteiger partial charge in [0.2, 0.25) is 0 Å². The van der Waals surface area contributed by atoms with Crippen LogP contribution in [-0.2, 0) is 6.61 Å². The molecule has 0 radical (unpaired) electrons. The van der Waals surface area contributed by atoms with Gasteiger partial charge in [-0.05, 0) is 30.3 Å². The fourth-order valence-electron chi connectivity index (χ4n) is 1.90. The van der Waals surface area contributed by atoms with Crippen LogP contribution in [0.3, 0.4) is 0 Å². The van der Waals surface area contributed by atoms with E-state index in [4.69, 9.17) is 9.15 Å². The van der Waals surface area contributed by atoms with Crippen LogP contribution in [0.5, 0.6) is 5.75 Å². The summed E-state index contributed by atoms with van der Waals surface area (Å²) in [5.74, 6) is 0.585. The number of hydrogen-bond acceptors (Lipinski definition) is 5. The Morgan fingerprint density at radius 1 is 1.32 bits per heavy atom. The van der Waals surface area contributed by atoms with Gasteiger partial charge >= 0.3 is 0 Å². The highest BCUT2D eigenvalue weighted by Gasteiger charge is 2.07. The molecule has 22 heavy (non-hydrogen) atoms. The molecule has 5 nitrogen and oxygen atoms in total. The standard InChI is InChI=1S/C16H14N2O3S/c1-17-15(19)11-2-4-14(5-3-11)21-9-13-10-22-16(18-13)12-6-7-20-8-12/h2-8,10H,9H2,1H3,(H,17,19). The predicted molar refractivity (Wildman–Crippen MR) is 84.0 cm³/mol. The second-order valence-corrected chi connectivity index (χ2v) is 5.41. The summed E-state index contributed by atoms with van der Waals surface area (Å²) in [6.07, 6.45) is 3.29. The van der Waals surface area contributed by atoms with Gasteiger partial charge in [-0.25, -0.2) is 4.98 Å². The van der Waals surface area contributed by atoms with Crippen LogP contribution < -0.4 is 10.1 Å². The number of nitrogens with one attached hydrogen (secondary N) is 1. The Morgan fingerprint density at radius 2 is 2.14 bits per heavy atom. The monoisotopic (exact) mass is 314 g/mol. The number of hydrogen-bond donors (Lipinski definition) is 1. The Bertz CT molecular complexity index is 748. The first-order valence-electron chi connectivity index (χ1n) is 6.68. The van der Waals surface area contributed by atoms with Gasteiger partial charge < -0.3 is 14.5 Å². The molecular formula is C16H14N2O3S. The van der Waals surface area contributed by atoms with Crippen molar-refractivity contribution in [3.8, 4) is 16.3 Å². The Kier molecular flexibility index (Phi) is 4.20. The lowest BCUT2D eigenvalue weighted by Crippen LogP contribution is -2.17. The van der Waals surface area contributed by atoms with Crippen LogP contribution in [0.2, 0.25) is 0 Å². The molecule has 2 heterocycles. The first-order valence-corrected chi connectivity index (χ1v) is 7.56. The van der Waals surface area contributed by atoms with Crippen molar-refractivity contribution in [2.24, 2.45) is 0 Å². The largest absolute Gasteiger partial charge is 0.487 e. The van der Waals surface area contributed by atoms with E-state index in [-0.39, 0.29) is 5.91 Å². The molecule has 0 atom stereocenters. The van der Waals surface area contributed by atoms with E-state index >= 15 is 0 Å². The third-order valence-corrected chi connectivity index (χ3v) is 3.99. The number of furan rings is 1. The average Bonchev–Trinajstić information content (AvgIpc) is 3.23. The number of rotatable bonds is 5. The molecule has 6 heteroatoms. The van der Waals surface area contributed by atoms with Crippen LogP contribution in [-0.4, -0.2) is 17.9 Å². The van der Waals surface area contributed by atoms with E-state index in [0.29, 0.717) is 17.9 Å². The van der Waals surface area contributed by atoms with Gasteiger partial charge in [0, 0.05) is 23.6 Å². The molecule has 0 spiro atoms. The normalized spacial score (nSPS) is 10.4. The number of amides is 1. The van der Waals surface area contributed by atoms with Crippen molar-refractivity contribution < 1.29 is 13.9 Å². The topological polar surface area (TPSA) is 64.4 Å². The SMILES string of the molecule is CNC(=O)c1ccc(OCc2csc(-c3ccoc3)n2)cc1. The lowest BCUT2D eigenvalue weighted by Gasteiger charge is -2.05. The summed E-state index contributed by atoms with van der Waals surface area (Å²) in [5.41, 5.74) is 2.42. The van der Waals surface area contributed by atoms with Crippen LogP contribution in [0, 0.1) is 0 Å². The molecule has 1 amide bonds. The zero-order valence-corrected chi connectivity index (χ0v) is 12.7. The highest BCUT2D eigenvalue weighted by molar-refractivity contribution is 7.13. The summed E-state index contributed by atoms with van der Waals surface area (Å²) < 4.78 is 10.7. The summed E-state index contributed by atoms with van der Waals surface area (Å²) in [6, 6.07) is 8.88. The summed E-state index contributed by atoms with van der Waals surface area (Å²) in [6.45, 7) is 0.383. The lowest BCUT2D eigenvalue weighted by molar-refractivity contribution is 0.0963. The van der Waals surface area contributed by atoms with Crippen molar-refractivity contribution >= 4 is 17.2 Å². The average molecular weight is 314 g/mol. The number of carbonyl (C=O) groups is 1. The molecule has 0 aliphatic heterocycles. The predicted octanol–water partition coefficient (Wildman–Crippen LogP) is 3.34. The van der Waals surface area contributed by atoms with Crippen LogP contribution in [0.1, 0.15) is 16.1 Å². The molecule has 0 unspecified atom stereocenters. The molecule has 0 fully saturated rings. The van der Waals surface area contributed by atoms with E-state index in [1.807, 2.05) is 11.4 Å². The first kappa shape index (κ1) is 14.3. The molecule has 3 rings (SSSR count). The Hall–Kier alpha value is -2.60. The minimum absolute atomic E-state index is 0.115. The molecule has 1 aromatic carbocycles. The molecule has 112 valence electrons. The fraction of sp³-hybridized carbons (Fsp3) is 0.125. The van der Waals surface area contributed by atoms with Gasteiger partial charge in [-0.1, -0.05) is 0 Å². The highest BCUT2D eigenvalue weighted by Crippen LogP contribution is 2.24. The van der Waals surface area contributed by atoms with E-state index in [2.05, 4.69) is 10.3 Å². The molecule has 3 aromatic rings. The number of thiazole rings is 1. The van der Waals surface area contributed by atoms with Crippen LogP contribution in [0.15, 0.2) is 52.7 Å². The fourth-order valence-corrected chi connectivity index (χ4v) is 2.69. The van der Waals surface area contributed by atoms with Gasteiger partial charge in [-0.2, -0.15) is 0 Å². The number of nitrogens with zero attached hydrogens (tertiary/aromatic N) is 1. The van der Waals surface area contributed by atoms with E-state index in [9.17, 15) is 4.79 Å². The molecule has 0 saturated carbocycles. The van der Waals surface area contributed by atoms with E-state index in [1.54, 1.807) is 55.2 Å². The highest BCUT2D eigenvalue weighted by atomic mass is 32.1. The minimum Gasteiger partial charge on any atom is -0.487 e. The van der Waals surface area contributed by atoms with Crippen molar-refractivity contribution in [2.75, 3.05) is 7.05 Å². The molecule has 1 N–H and O–H groups in total. The molecular weight excluding hydrogens is 300 g/mol. The summed E-state index contributed by atoms with van der Waals surface area (Å²) in [7, 11) is 1.60. The van der Waals surface area contributed by atoms with Crippen molar-refractivity contribution in [1.82, 2.24) is 10.3 Å². The number of carbonyl (C=O) groups excluding carboxylic acids is 1. The van der Waals surface area contributed by atoms with Gasteiger partial charge in [0.15, 0.2) is 0 Å². The quantitative estimate of drug-likeness (QED) is 0.784. The third kappa shape index (κ3) is 3.17. The third-order valence-electron chi connectivity index (χ3n) is 3.05. The van der Waals surface area contributed by atoms with Gasteiger partial charge in [0.05, 0.1) is 12.0 Å². The first-order chi connectivity index (χ1) is 10.8. The van der Waals surface area contributed by atoms with Crippen LogP contribution >= 0.6 is 11.3 Å². The van der Waals surface area contributed by atoms with Gasteiger partial charge in [0.25, 0.3) is 5.91 Å². The summed E-state index contributed by atoms with van der Waals surface area (Å²) in [4.78, 5) is 15.9.